The van der Waals surface area contributed by atoms with E-state index < -0.39 is 0 Å². The topological polar surface area (TPSA) is 82.1 Å². The van der Waals surface area contributed by atoms with Crippen LogP contribution in [0.3, 0.4) is 0 Å². The van der Waals surface area contributed by atoms with Crippen molar-refractivity contribution in [3.63, 3.8) is 0 Å². The molecule has 2 fully saturated rings. The third-order valence-corrected chi connectivity index (χ3v) is 6.34. The summed E-state index contributed by atoms with van der Waals surface area (Å²) in [5.41, 5.74) is 0.717. The van der Waals surface area contributed by atoms with Crippen LogP contribution in [0.4, 0.5) is 10.3 Å². The minimum Gasteiger partial charge on any atom is -0.376 e. The average molecular weight is 431 g/mol. The molecule has 0 saturated carbocycles. The molecule has 5 rings (SSSR count). The van der Waals surface area contributed by atoms with Crippen LogP contribution in [0.15, 0.2) is 33.9 Å². The third-order valence-electron chi connectivity index (χ3n) is 5.39. The Hall–Kier alpha value is -2.46. The molecule has 30 heavy (non-hydrogen) atoms. The summed E-state index contributed by atoms with van der Waals surface area (Å²) in [5, 5.41) is 13.8. The Morgan fingerprint density at radius 3 is 2.70 bits per heavy atom. The molecular formula is C20H23FN6O2S. The Bertz CT molecular complexity index is 980. The Morgan fingerprint density at radius 1 is 1.10 bits per heavy atom. The van der Waals surface area contributed by atoms with E-state index in [-0.39, 0.29) is 11.9 Å². The minimum atomic E-state index is -0.294. The maximum Gasteiger partial charge on any atom is 0.237 e. The fourth-order valence-electron chi connectivity index (χ4n) is 3.85. The number of aromatic nitrogens is 5. The molecule has 0 N–H and O–H groups in total. The lowest BCUT2D eigenvalue weighted by atomic mass is 10.2. The molecule has 1 atom stereocenters. The molecule has 0 spiro atoms. The number of anilines is 1. The van der Waals surface area contributed by atoms with Gasteiger partial charge in [0.05, 0.1) is 18.4 Å². The number of rotatable bonds is 7. The quantitative estimate of drug-likeness (QED) is 0.527. The summed E-state index contributed by atoms with van der Waals surface area (Å²) < 4.78 is 26.5. The Balaban J connectivity index is 1.31. The highest BCUT2D eigenvalue weighted by atomic mass is 32.2. The normalized spacial score (nSPS) is 19.1. The predicted molar refractivity (Wildman–Crippen MR) is 110 cm³/mol. The maximum atomic E-state index is 13.1. The van der Waals surface area contributed by atoms with Crippen molar-refractivity contribution in [3.05, 3.63) is 36.0 Å². The lowest BCUT2D eigenvalue weighted by Gasteiger charge is -2.20. The van der Waals surface area contributed by atoms with Gasteiger partial charge < -0.3 is 14.2 Å². The van der Waals surface area contributed by atoms with Crippen LogP contribution in [0.2, 0.25) is 0 Å². The first-order chi connectivity index (χ1) is 14.8. The summed E-state index contributed by atoms with van der Waals surface area (Å²) in [4.78, 5) is 6.73. The second-order valence-corrected chi connectivity index (χ2v) is 8.47. The summed E-state index contributed by atoms with van der Waals surface area (Å²) in [6.07, 6.45) is 4.73. The molecule has 2 saturated heterocycles. The molecule has 10 heteroatoms. The first-order valence-electron chi connectivity index (χ1n) is 10.3. The average Bonchev–Trinajstić information content (AvgIpc) is 3.55. The van der Waals surface area contributed by atoms with Crippen LogP contribution < -0.4 is 4.90 Å². The van der Waals surface area contributed by atoms with E-state index in [1.165, 1.54) is 36.7 Å². The van der Waals surface area contributed by atoms with E-state index in [9.17, 15) is 4.39 Å². The fourth-order valence-corrected chi connectivity index (χ4v) is 4.63. The van der Waals surface area contributed by atoms with E-state index in [0.29, 0.717) is 23.0 Å². The molecule has 0 amide bonds. The number of halogens is 1. The molecule has 0 unspecified atom stereocenters. The van der Waals surface area contributed by atoms with Gasteiger partial charge in [0.2, 0.25) is 17.7 Å². The van der Waals surface area contributed by atoms with Gasteiger partial charge in [0, 0.05) is 25.3 Å². The number of hydrogen-bond acceptors (Lipinski definition) is 8. The number of thioether (sulfide) groups is 1. The molecular weight excluding hydrogens is 407 g/mol. The second-order valence-electron chi connectivity index (χ2n) is 7.53. The van der Waals surface area contributed by atoms with Gasteiger partial charge in [-0.3, -0.25) is 4.57 Å². The molecule has 8 nitrogen and oxygen atoms in total. The Labute approximate surface area is 177 Å². The van der Waals surface area contributed by atoms with Gasteiger partial charge in [0.1, 0.15) is 5.82 Å². The van der Waals surface area contributed by atoms with Gasteiger partial charge in [-0.25, -0.2) is 4.39 Å². The van der Waals surface area contributed by atoms with Gasteiger partial charge in [-0.1, -0.05) is 16.9 Å². The number of ether oxygens (including phenoxy) is 1. The van der Waals surface area contributed by atoms with Gasteiger partial charge in [-0.05, 0) is 49.9 Å². The molecule has 0 aliphatic carbocycles. The molecule has 0 bridgehead atoms. The highest BCUT2D eigenvalue weighted by Gasteiger charge is 2.25. The lowest BCUT2D eigenvalue weighted by molar-refractivity contribution is 0.0952. The highest BCUT2D eigenvalue weighted by Crippen LogP contribution is 2.29. The van der Waals surface area contributed by atoms with Crippen LogP contribution in [-0.2, 0) is 17.0 Å². The number of benzene rings is 1. The summed E-state index contributed by atoms with van der Waals surface area (Å²) in [6, 6.07) is 6.04. The molecule has 1 aromatic carbocycles. The van der Waals surface area contributed by atoms with Crippen molar-refractivity contribution in [1.29, 1.82) is 0 Å². The molecule has 2 aliphatic heterocycles. The zero-order valence-corrected chi connectivity index (χ0v) is 17.4. The van der Waals surface area contributed by atoms with Gasteiger partial charge in [-0.15, -0.1) is 10.2 Å². The molecule has 0 radical (unpaired) electrons. The van der Waals surface area contributed by atoms with Crippen LogP contribution in [-0.4, -0.2) is 50.7 Å². The monoisotopic (exact) mass is 430 g/mol. The number of nitrogens with zero attached hydrogens (tertiary/aromatic N) is 6. The van der Waals surface area contributed by atoms with Crippen LogP contribution in [0.25, 0.3) is 11.4 Å². The molecule has 158 valence electrons. The van der Waals surface area contributed by atoms with Crippen molar-refractivity contribution < 1.29 is 13.7 Å². The predicted octanol–water partition coefficient (Wildman–Crippen LogP) is 3.54. The highest BCUT2D eigenvalue weighted by molar-refractivity contribution is 7.98. The van der Waals surface area contributed by atoms with E-state index >= 15 is 0 Å². The number of hydrogen-bond donors (Lipinski definition) is 0. The van der Waals surface area contributed by atoms with Crippen molar-refractivity contribution >= 4 is 17.7 Å². The van der Waals surface area contributed by atoms with E-state index in [0.717, 1.165) is 50.2 Å². The van der Waals surface area contributed by atoms with Crippen molar-refractivity contribution in [2.24, 2.45) is 0 Å². The SMILES string of the molecule is Fc1ccc(-c2noc(CSc3nnc(N4CCCC4)n3C[C@@H]3CCCO3)n2)cc1. The summed E-state index contributed by atoms with van der Waals surface area (Å²) in [7, 11) is 0. The summed E-state index contributed by atoms with van der Waals surface area (Å²) >= 11 is 1.52. The van der Waals surface area contributed by atoms with E-state index in [4.69, 9.17) is 9.26 Å². The smallest absolute Gasteiger partial charge is 0.237 e. The van der Waals surface area contributed by atoms with E-state index in [2.05, 4.69) is 29.8 Å². The molecule has 3 aromatic rings. The van der Waals surface area contributed by atoms with E-state index in [1.54, 1.807) is 12.1 Å². The zero-order valence-electron chi connectivity index (χ0n) is 16.5. The maximum absolute atomic E-state index is 13.1. The Kier molecular flexibility index (Phi) is 5.67. The first kappa shape index (κ1) is 19.5. The van der Waals surface area contributed by atoms with E-state index in [1.807, 2.05) is 0 Å². The molecule has 2 aliphatic rings. The lowest BCUT2D eigenvalue weighted by Crippen LogP contribution is -2.25. The van der Waals surface area contributed by atoms with Crippen LogP contribution in [0.1, 0.15) is 31.6 Å². The van der Waals surface area contributed by atoms with Gasteiger partial charge in [0.25, 0.3) is 0 Å². The standard InChI is InChI=1S/C20H23FN6O2S/c21-15-7-5-14(6-8-15)18-22-17(29-25-18)13-30-20-24-23-19(26-9-1-2-10-26)27(20)12-16-4-3-11-28-16/h5-8,16H,1-4,9-13H2/t16-/m0/s1. The Morgan fingerprint density at radius 2 is 1.93 bits per heavy atom. The van der Waals surface area contributed by atoms with Crippen molar-refractivity contribution in [3.8, 4) is 11.4 Å². The third kappa shape index (κ3) is 4.20. The minimum absolute atomic E-state index is 0.204. The van der Waals surface area contributed by atoms with Crippen molar-refractivity contribution in [2.45, 2.75) is 49.2 Å². The summed E-state index contributed by atoms with van der Waals surface area (Å²) in [6.45, 7) is 3.60. The van der Waals surface area contributed by atoms with Crippen LogP contribution in [0, 0.1) is 5.82 Å². The van der Waals surface area contributed by atoms with Crippen molar-refractivity contribution in [1.82, 2.24) is 24.9 Å². The molecule has 4 heterocycles. The largest absolute Gasteiger partial charge is 0.376 e. The van der Waals surface area contributed by atoms with Gasteiger partial charge in [-0.2, -0.15) is 4.98 Å². The van der Waals surface area contributed by atoms with Gasteiger partial charge >= 0.3 is 0 Å². The molecule has 2 aromatic heterocycles. The van der Waals surface area contributed by atoms with Crippen LogP contribution >= 0.6 is 11.8 Å². The fraction of sp³-hybridized carbons (Fsp3) is 0.500. The second kappa shape index (κ2) is 8.73. The van der Waals surface area contributed by atoms with Gasteiger partial charge in [0.15, 0.2) is 5.16 Å². The van der Waals surface area contributed by atoms with Crippen molar-refractivity contribution in [2.75, 3.05) is 24.6 Å². The summed E-state index contributed by atoms with van der Waals surface area (Å²) in [5.74, 6) is 2.05. The first-order valence-corrected chi connectivity index (χ1v) is 11.3. The van der Waals surface area contributed by atoms with Crippen LogP contribution in [0.5, 0.6) is 0 Å². The zero-order chi connectivity index (χ0) is 20.3.